The summed E-state index contributed by atoms with van der Waals surface area (Å²) in [4.78, 5) is 17.7. The van der Waals surface area contributed by atoms with Crippen LogP contribution >= 0.6 is 0 Å². The van der Waals surface area contributed by atoms with Gasteiger partial charge >= 0.3 is 6.03 Å². The molecule has 1 aromatic heterocycles. The molecular weight excluding hydrogens is 488 g/mol. The van der Waals surface area contributed by atoms with Crippen molar-refractivity contribution in [3.05, 3.63) is 66.7 Å². The van der Waals surface area contributed by atoms with Crippen LogP contribution in [0, 0.1) is 11.8 Å². The Labute approximate surface area is 230 Å². The monoisotopic (exact) mass is 526 g/mol. The highest BCUT2D eigenvalue weighted by Crippen LogP contribution is 2.36. The summed E-state index contributed by atoms with van der Waals surface area (Å²) < 4.78 is 0. The molecule has 0 atom stereocenters. The number of rotatable bonds is 10. The van der Waals surface area contributed by atoms with E-state index in [2.05, 4.69) is 76.0 Å². The number of tetrazole rings is 1. The van der Waals surface area contributed by atoms with Gasteiger partial charge in [-0.2, -0.15) is 0 Å². The third-order valence-electron chi connectivity index (χ3n) is 6.22. The number of benzene rings is 3. The zero-order valence-electron chi connectivity index (χ0n) is 23.6. The van der Waals surface area contributed by atoms with Gasteiger partial charge in [-0.1, -0.05) is 64.1 Å². The van der Waals surface area contributed by atoms with Crippen molar-refractivity contribution in [1.82, 2.24) is 20.6 Å². The summed E-state index contributed by atoms with van der Waals surface area (Å²) in [6.07, 6.45) is 0. The van der Waals surface area contributed by atoms with Crippen LogP contribution in [0.25, 0.3) is 22.5 Å². The lowest BCUT2D eigenvalue weighted by Gasteiger charge is -2.31. The van der Waals surface area contributed by atoms with E-state index in [0.29, 0.717) is 17.7 Å². The van der Waals surface area contributed by atoms with Gasteiger partial charge in [-0.05, 0) is 63.7 Å². The largest absolute Gasteiger partial charge is 0.378 e. The van der Waals surface area contributed by atoms with E-state index in [1.165, 1.54) is 0 Å². The van der Waals surface area contributed by atoms with E-state index in [0.717, 1.165) is 52.5 Å². The number of hydrogen-bond donors (Lipinski definition) is 3. The van der Waals surface area contributed by atoms with Gasteiger partial charge in [-0.3, -0.25) is 0 Å². The predicted octanol–water partition coefficient (Wildman–Crippen LogP) is 6.36. The number of carbonyl (C=O) groups is 1. The molecule has 9 heteroatoms. The lowest BCUT2D eigenvalue weighted by atomic mass is 9.97. The molecule has 0 fully saturated rings. The molecule has 204 valence electrons. The number of aromatic amines is 1. The Hall–Kier alpha value is -4.40. The third-order valence-corrected chi connectivity index (χ3v) is 6.22. The van der Waals surface area contributed by atoms with Crippen LogP contribution < -0.4 is 20.4 Å². The minimum Gasteiger partial charge on any atom is -0.378 e. The lowest BCUT2D eigenvalue weighted by molar-refractivity contribution is 0.262. The first kappa shape index (κ1) is 27.6. The first-order valence-corrected chi connectivity index (χ1v) is 13.3. The van der Waals surface area contributed by atoms with Crippen LogP contribution in [0.3, 0.4) is 0 Å². The fraction of sp³-hybridized carbons (Fsp3) is 0.333. The van der Waals surface area contributed by atoms with Gasteiger partial charge in [0.1, 0.15) is 0 Å². The lowest BCUT2D eigenvalue weighted by Crippen LogP contribution is -2.32. The van der Waals surface area contributed by atoms with E-state index >= 15 is 0 Å². The summed E-state index contributed by atoms with van der Waals surface area (Å²) in [6, 6.07) is 21.6. The summed E-state index contributed by atoms with van der Waals surface area (Å²) in [5, 5.41) is 20.6. The summed E-state index contributed by atoms with van der Waals surface area (Å²) in [5.41, 5.74) is 6.24. The number of anilines is 4. The molecule has 0 unspecified atom stereocenters. The van der Waals surface area contributed by atoms with Crippen molar-refractivity contribution in [2.24, 2.45) is 11.8 Å². The third kappa shape index (κ3) is 7.13. The highest BCUT2D eigenvalue weighted by atomic mass is 16.2. The molecule has 3 aromatic carbocycles. The van der Waals surface area contributed by atoms with Crippen LogP contribution in [-0.2, 0) is 0 Å². The number of urea groups is 1. The van der Waals surface area contributed by atoms with Crippen LogP contribution in [0.2, 0.25) is 0 Å². The molecule has 0 bridgehead atoms. The number of aromatic nitrogens is 4. The van der Waals surface area contributed by atoms with Crippen molar-refractivity contribution in [3.8, 4) is 22.5 Å². The quantitative estimate of drug-likeness (QED) is 0.222. The molecule has 1 heterocycles. The Morgan fingerprint density at radius 3 is 2.23 bits per heavy atom. The maximum absolute atomic E-state index is 13.3. The first-order chi connectivity index (χ1) is 18.7. The number of amides is 2. The van der Waals surface area contributed by atoms with Gasteiger partial charge in [0.25, 0.3) is 0 Å². The van der Waals surface area contributed by atoms with Gasteiger partial charge in [0.15, 0.2) is 5.82 Å². The molecule has 0 saturated heterocycles. The van der Waals surface area contributed by atoms with E-state index in [1.807, 2.05) is 73.6 Å². The molecule has 0 saturated carbocycles. The zero-order chi connectivity index (χ0) is 27.9. The molecule has 3 N–H and O–H groups in total. The van der Waals surface area contributed by atoms with Gasteiger partial charge in [-0.15, -0.1) is 5.10 Å². The smallest absolute Gasteiger partial charge is 0.323 e. The molecule has 4 rings (SSSR count). The summed E-state index contributed by atoms with van der Waals surface area (Å²) in [7, 11) is 3.95. The van der Waals surface area contributed by atoms with Crippen LogP contribution in [0.15, 0.2) is 66.7 Å². The predicted molar refractivity (Wildman–Crippen MR) is 160 cm³/mol. The maximum atomic E-state index is 13.3. The minimum absolute atomic E-state index is 0.300. The van der Waals surface area contributed by atoms with E-state index in [1.54, 1.807) is 0 Å². The first-order valence-electron chi connectivity index (χ1n) is 13.3. The molecule has 4 aromatic rings. The van der Waals surface area contributed by atoms with Crippen LogP contribution in [0.4, 0.5) is 27.5 Å². The molecule has 0 aliphatic heterocycles. The van der Waals surface area contributed by atoms with Crippen LogP contribution in [0.5, 0.6) is 0 Å². The summed E-state index contributed by atoms with van der Waals surface area (Å²) in [5.74, 6) is 1.50. The summed E-state index contributed by atoms with van der Waals surface area (Å²) >= 11 is 0. The van der Waals surface area contributed by atoms with E-state index < -0.39 is 0 Å². The second-order valence-electron chi connectivity index (χ2n) is 10.7. The normalized spacial score (nSPS) is 11.1. The van der Waals surface area contributed by atoms with E-state index in [-0.39, 0.29) is 6.03 Å². The molecule has 0 spiro atoms. The standard InChI is InChI=1S/C30H38N8O/c1-20(2)18-38(19-21(3)4)28-15-14-22(25-12-7-8-13-26(25)29-33-35-36-34-29)16-27(28)32-30(39)31-23-10-9-11-24(17-23)37(5)6/h7-17,20-21H,18-19H2,1-6H3,(H2,31,32,39)(H,33,34,35,36). The number of nitrogens with zero attached hydrogens (tertiary/aromatic N) is 5. The van der Waals surface area contributed by atoms with Gasteiger partial charge in [-0.25, -0.2) is 9.89 Å². The van der Waals surface area contributed by atoms with Crippen molar-refractivity contribution >= 4 is 28.8 Å². The fourth-order valence-electron chi connectivity index (χ4n) is 4.59. The molecule has 39 heavy (non-hydrogen) atoms. The van der Waals surface area contributed by atoms with E-state index in [9.17, 15) is 4.79 Å². The van der Waals surface area contributed by atoms with Crippen molar-refractivity contribution in [1.29, 1.82) is 0 Å². The number of hydrogen-bond acceptors (Lipinski definition) is 6. The zero-order valence-corrected chi connectivity index (χ0v) is 23.6. The van der Waals surface area contributed by atoms with Crippen LogP contribution in [-0.4, -0.2) is 53.8 Å². The molecule has 0 aliphatic rings. The van der Waals surface area contributed by atoms with Crippen molar-refractivity contribution in [3.63, 3.8) is 0 Å². The highest BCUT2D eigenvalue weighted by Gasteiger charge is 2.19. The van der Waals surface area contributed by atoms with Crippen LogP contribution in [0.1, 0.15) is 27.7 Å². The van der Waals surface area contributed by atoms with Crippen molar-refractivity contribution < 1.29 is 4.79 Å². The fourth-order valence-corrected chi connectivity index (χ4v) is 4.59. The van der Waals surface area contributed by atoms with Gasteiger partial charge in [0, 0.05) is 44.1 Å². The second-order valence-corrected chi connectivity index (χ2v) is 10.7. The maximum Gasteiger partial charge on any atom is 0.323 e. The molecule has 9 nitrogen and oxygen atoms in total. The highest BCUT2D eigenvalue weighted by molar-refractivity contribution is 6.03. The molecular formula is C30H38N8O. The Kier molecular flexibility index (Phi) is 8.81. The average molecular weight is 527 g/mol. The minimum atomic E-state index is -0.300. The Bertz CT molecular complexity index is 1370. The topological polar surface area (TPSA) is 102 Å². The van der Waals surface area contributed by atoms with Crippen molar-refractivity contribution in [2.45, 2.75) is 27.7 Å². The summed E-state index contributed by atoms with van der Waals surface area (Å²) in [6.45, 7) is 10.6. The number of carbonyl (C=O) groups excluding carboxylic acids is 1. The molecule has 0 aliphatic carbocycles. The van der Waals surface area contributed by atoms with Gasteiger partial charge in [0.05, 0.1) is 11.4 Å². The van der Waals surface area contributed by atoms with E-state index in [4.69, 9.17) is 0 Å². The molecule has 0 radical (unpaired) electrons. The Balaban J connectivity index is 1.73. The Morgan fingerprint density at radius 1 is 0.872 bits per heavy atom. The molecule has 2 amide bonds. The van der Waals surface area contributed by atoms with Gasteiger partial charge in [0.2, 0.25) is 0 Å². The Morgan fingerprint density at radius 2 is 1.59 bits per heavy atom. The number of H-pyrrole nitrogens is 1. The SMILES string of the molecule is CC(C)CN(CC(C)C)c1ccc(-c2ccccc2-c2nnn[nH]2)cc1NC(=O)Nc1cccc(N(C)C)c1. The number of nitrogens with one attached hydrogen (secondary N) is 3. The van der Waals surface area contributed by atoms with Crippen molar-refractivity contribution in [2.75, 3.05) is 47.6 Å². The average Bonchev–Trinajstić information content (AvgIpc) is 3.43. The second kappa shape index (κ2) is 12.4. The van der Waals surface area contributed by atoms with Gasteiger partial charge < -0.3 is 20.4 Å².